The zero-order valence-electron chi connectivity index (χ0n) is 19.0. The number of aliphatic hydroxyl groups excluding tert-OH is 1. The van der Waals surface area contributed by atoms with E-state index in [2.05, 4.69) is 23.8 Å². The second kappa shape index (κ2) is 16.4. The summed E-state index contributed by atoms with van der Waals surface area (Å²) >= 11 is 0. The van der Waals surface area contributed by atoms with E-state index in [1.165, 1.54) is 44.6 Å². The number of esters is 2. The van der Waals surface area contributed by atoms with E-state index >= 15 is 0 Å². The molecule has 0 heterocycles. The molecule has 6 heteroatoms. The SMILES string of the molecule is CCCCCCC(O)C/C=C/CCCCCCC(=O)Oc1ccc(O)c(C(=O)OC)c1. The van der Waals surface area contributed by atoms with E-state index in [0.717, 1.165) is 51.4 Å². The van der Waals surface area contributed by atoms with Crippen LogP contribution in [-0.2, 0) is 9.53 Å². The maximum Gasteiger partial charge on any atom is 0.341 e. The summed E-state index contributed by atoms with van der Waals surface area (Å²) in [7, 11) is 1.22. The Bertz CT molecular complexity index is 683. The molecule has 0 fully saturated rings. The summed E-state index contributed by atoms with van der Waals surface area (Å²) in [4.78, 5) is 23.5. The van der Waals surface area contributed by atoms with Gasteiger partial charge in [-0.15, -0.1) is 0 Å². The lowest BCUT2D eigenvalue weighted by atomic mass is 10.1. The van der Waals surface area contributed by atoms with Crippen LogP contribution in [0, 0.1) is 0 Å². The molecule has 1 atom stereocenters. The molecule has 1 aromatic rings. The number of aliphatic hydroxyl groups is 1. The molecule has 0 aliphatic carbocycles. The first-order chi connectivity index (χ1) is 15.0. The number of allylic oxidation sites excluding steroid dienone is 1. The minimum atomic E-state index is -0.689. The Morgan fingerprint density at radius 2 is 1.77 bits per heavy atom. The molecule has 1 aromatic carbocycles. The second-order valence-electron chi connectivity index (χ2n) is 7.81. The number of carbonyl (C=O) groups is 2. The molecule has 1 rings (SSSR count). The molecular weight excluding hydrogens is 396 g/mol. The normalized spacial score (nSPS) is 12.1. The van der Waals surface area contributed by atoms with Gasteiger partial charge in [0.15, 0.2) is 0 Å². The first kappa shape index (κ1) is 26.7. The molecule has 0 radical (unpaired) electrons. The lowest BCUT2D eigenvalue weighted by Gasteiger charge is -2.07. The van der Waals surface area contributed by atoms with Crippen LogP contribution in [0.15, 0.2) is 30.4 Å². The second-order valence-corrected chi connectivity index (χ2v) is 7.81. The van der Waals surface area contributed by atoms with Crippen molar-refractivity contribution >= 4 is 11.9 Å². The number of aromatic hydroxyl groups is 1. The summed E-state index contributed by atoms with van der Waals surface area (Å²) in [5.41, 5.74) is -0.0372. The molecule has 0 aliphatic heterocycles. The van der Waals surface area contributed by atoms with Crippen molar-refractivity contribution in [3.05, 3.63) is 35.9 Å². The molecule has 0 amide bonds. The number of ether oxygens (including phenoxy) is 2. The Kier molecular flexibility index (Phi) is 14.1. The van der Waals surface area contributed by atoms with Gasteiger partial charge >= 0.3 is 11.9 Å². The van der Waals surface area contributed by atoms with Gasteiger partial charge < -0.3 is 19.7 Å². The average Bonchev–Trinajstić information content (AvgIpc) is 2.76. The van der Waals surface area contributed by atoms with E-state index < -0.39 is 5.97 Å². The minimum Gasteiger partial charge on any atom is -0.507 e. The monoisotopic (exact) mass is 434 g/mol. The topological polar surface area (TPSA) is 93.1 Å². The van der Waals surface area contributed by atoms with Gasteiger partial charge in [-0.05, 0) is 50.3 Å². The third-order valence-corrected chi connectivity index (χ3v) is 5.07. The number of methoxy groups -OCH3 is 1. The van der Waals surface area contributed by atoms with Crippen molar-refractivity contribution in [2.75, 3.05) is 7.11 Å². The van der Waals surface area contributed by atoms with E-state index in [-0.39, 0.29) is 29.1 Å². The number of rotatable bonds is 16. The minimum absolute atomic E-state index is 0.0372. The molecule has 2 N–H and O–H groups in total. The predicted molar refractivity (Wildman–Crippen MR) is 121 cm³/mol. The summed E-state index contributed by atoms with van der Waals surface area (Å²) in [5.74, 6) is -1.07. The number of benzene rings is 1. The van der Waals surface area contributed by atoms with Gasteiger partial charge in [-0.3, -0.25) is 4.79 Å². The molecule has 1 unspecified atom stereocenters. The average molecular weight is 435 g/mol. The number of hydrogen-bond acceptors (Lipinski definition) is 6. The van der Waals surface area contributed by atoms with Crippen LogP contribution in [0.25, 0.3) is 0 Å². The van der Waals surface area contributed by atoms with E-state index in [1.807, 2.05) is 0 Å². The van der Waals surface area contributed by atoms with Crippen molar-refractivity contribution in [1.29, 1.82) is 0 Å². The van der Waals surface area contributed by atoms with Crippen molar-refractivity contribution < 1.29 is 29.3 Å². The lowest BCUT2D eigenvalue weighted by Crippen LogP contribution is -2.09. The van der Waals surface area contributed by atoms with Crippen molar-refractivity contribution in [2.45, 2.75) is 90.1 Å². The molecule has 0 spiro atoms. The number of carbonyl (C=O) groups excluding carboxylic acids is 2. The molecule has 6 nitrogen and oxygen atoms in total. The van der Waals surface area contributed by atoms with Gasteiger partial charge in [-0.2, -0.15) is 0 Å². The molecule has 0 bridgehead atoms. The Morgan fingerprint density at radius 1 is 1.03 bits per heavy atom. The first-order valence-electron chi connectivity index (χ1n) is 11.4. The first-order valence-corrected chi connectivity index (χ1v) is 11.4. The van der Waals surface area contributed by atoms with E-state index in [9.17, 15) is 19.8 Å². The molecular formula is C25H38O6. The highest BCUT2D eigenvalue weighted by Gasteiger charge is 2.14. The van der Waals surface area contributed by atoms with Crippen LogP contribution in [0.5, 0.6) is 11.5 Å². The number of phenols is 1. The van der Waals surface area contributed by atoms with Crippen molar-refractivity contribution in [3.8, 4) is 11.5 Å². The summed E-state index contributed by atoms with van der Waals surface area (Å²) in [6.07, 6.45) is 15.4. The van der Waals surface area contributed by atoms with Gasteiger partial charge in [0.05, 0.1) is 13.2 Å². The smallest absolute Gasteiger partial charge is 0.341 e. The maximum atomic E-state index is 12.0. The van der Waals surface area contributed by atoms with Gasteiger partial charge in [0.25, 0.3) is 0 Å². The van der Waals surface area contributed by atoms with Gasteiger partial charge in [-0.25, -0.2) is 4.79 Å². The Balaban J connectivity index is 2.11. The largest absolute Gasteiger partial charge is 0.507 e. The third kappa shape index (κ3) is 12.2. The van der Waals surface area contributed by atoms with Crippen LogP contribution in [0.1, 0.15) is 94.3 Å². The molecule has 174 valence electrons. The molecule has 0 saturated heterocycles. The van der Waals surface area contributed by atoms with Crippen LogP contribution in [-0.4, -0.2) is 35.4 Å². The van der Waals surface area contributed by atoms with E-state index in [0.29, 0.717) is 6.42 Å². The van der Waals surface area contributed by atoms with Gasteiger partial charge in [-0.1, -0.05) is 57.6 Å². The Morgan fingerprint density at radius 3 is 2.52 bits per heavy atom. The van der Waals surface area contributed by atoms with Crippen molar-refractivity contribution in [2.24, 2.45) is 0 Å². The van der Waals surface area contributed by atoms with Crippen LogP contribution < -0.4 is 4.74 Å². The number of phenolic OH excluding ortho intramolecular Hbond substituents is 1. The highest BCUT2D eigenvalue weighted by atomic mass is 16.5. The van der Waals surface area contributed by atoms with Gasteiger partial charge in [0, 0.05) is 6.42 Å². The number of unbranched alkanes of at least 4 members (excludes halogenated alkanes) is 7. The highest BCUT2D eigenvalue weighted by molar-refractivity contribution is 5.93. The fourth-order valence-electron chi connectivity index (χ4n) is 3.22. The quantitative estimate of drug-likeness (QED) is 0.150. The fraction of sp³-hybridized carbons (Fsp3) is 0.600. The summed E-state index contributed by atoms with van der Waals surface area (Å²) < 4.78 is 9.82. The van der Waals surface area contributed by atoms with Crippen molar-refractivity contribution in [3.63, 3.8) is 0 Å². The molecule has 0 aromatic heterocycles. The fourth-order valence-corrected chi connectivity index (χ4v) is 3.22. The summed E-state index contributed by atoms with van der Waals surface area (Å²) in [6.45, 7) is 2.19. The van der Waals surface area contributed by atoms with Crippen LogP contribution in [0.3, 0.4) is 0 Å². The highest BCUT2D eigenvalue weighted by Crippen LogP contribution is 2.24. The predicted octanol–water partition coefficient (Wildman–Crippen LogP) is 5.70. The molecule has 0 saturated carbocycles. The molecule has 0 aliphatic rings. The van der Waals surface area contributed by atoms with Crippen LogP contribution in [0.2, 0.25) is 0 Å². The third-order valence-electron chi connectivity index (χ3n) is 5.07. The van der Waals surface area contributed by atoms with Gasteiger partial charge in [0.1, 0.15) is 17.1 Å². The summed E-state index contributed by atoms with van der Waals surface area (Å²) in [6, 6.07) is 4.04. The van der Waals surface area contributed by atoms with E-state index in [1.54, 1.807) is 0 Å². The maximum absolute atomic E-state index is 12.0. The number of hydrogen-bond donors (Lipinski definition) is 2. The standard InChI is InChI=1S/C25H38O6/c1-3-4-5-11-14-20(26)15-12-9-7-6-8-10-13-16-24(28)31-21-17-18-23(27)22(19-21)25(29)30-2/h9,12,17-20,26-27H,3-8,10-11,13-16H2,1-2H3/b12-9+. The summed E-state index contributed by atoms with van der Waals surface area (Å²) in [5, 5.41) is 19.6. The Hall–Kier alpha value is -2.34. The lowest BCUT2D eigenvalue weighted by molar-refractivity contribution is -0.134. The van der Waals surface area contributed by atoms with E-state index in [4.69, 9.17) is 4.74 Å². The van der Waals surface area contributed by atoms with Crippen LogP contribution in [0.4, 0.5) is 0 Å². The van der Waals surface area contributed by atoms with Crippen molar-refractivity contribution in [1.82, 2.24) is 0 Å². The zero-order chi connectivity index (χ0) is 22.9. The molecule has 31 heavy (non-hydrogen) atoms. The Labute approximate surface area is 186 Å². The zero-order valence-corrected chi connectivity index (χ0v) is 19.0. The van der Waals surface area contributed by atoms with Gasteiger partial charge in [0.2, 0.25) is 0 Å². The van der Waals surface area contributed by atoms with Crippen LogP contribution >= 0.6 is 0 Å².